The Bertz CT molecular complexity index is 581. The lowest BCUT2D eigenvalue weighted by molar-refractivity contribution is -0.138. The zero-order valence-electron chi connectivity index (χ0n) is 11.4. The van der Waals surface area contributed by atoms with Crippen LogP contribution >= 0.6 is 15.9 Å². The summed E-state index contributed by atoms with van der Waals surface area (Å²) in [4.78, 5) is 0. The Labute approximate surface area is 129 Å². The van der Waals surface area contributed by atoms with Crippen LogP contribution in [0.2, 0.25) is 0 Å². The molecule has 0 bridgehead atoms. The van der Waals surface area contributed by atoms with Crippen LogP contribution in [0.3, 0.4) is 0 Å². The molecule has 1 unspecified atom stereocenters. The first-order valence-corrected chi connectivity index (χ1v) is 7.36. The van der Waals surface area contributed by atoms with Crippen LogP contribution in [0.1, 0.15) is 36.3 Å². The standard InChI is InChI=1S/C15H15BrF3NO/c1-2-7-20-14(13-4-3-8-21-13)10-5-6-12(16)11(9-10)15(17,18)19/h3-6,8-9,14,20H,2,7H2,1H3. The Morgan fingerprint density at radius 2 is 2.05 bits per heavy atom. The van der Waals surface area contributed by atoms with Crippen LogP contribution in [-0.4, -0.2) is 6.54 Å². The van der Waals surface area contributed by atoms with E-state index in [1.54, 1.807) is 18.2 Å². The zero-order chi connectivity index (χ0) is 15.5. The van der Waals surface area contributed by atoms with Crippen LogP contribution < -0.4 is 5.32 Å². The first-order valence-electron chi connectivity index (χ1n) is 6.57. The van der Waals surface area contributed by atoms with E-state index < -0.39 is 17.8 Å². The Hall–Kier alpha value is -1.27. The zero-order valence-corrected chi connectivity index (χ0v) is 13.0. The molecule has 2 nitrogen and oxygen atoms in total. The molecule has 0 radical (unpaired) electrons. The summed E-state index contributed by atoms with van der Waals surface area (Å²) >= 11 is 2.95. The van der Waals surface area contributed by atoms with E-state index in [1.165, 1.54) is 12.3 Å². The summed E-state index contributed by atoms with van der Waals surface area (Å²) in [5.74, 6) is 0.596. The summed E-state index contributed by atoms with van der Waals surface area (Å²) in [7, 11) is 0. The maximum Gasteiger partial charge on any atom is 0.417 e. The van der Waals surface area contributed by atoms with Crippen molar-refractivity contribution in [3.05, 3.63) is 58.0 Å². The molecule has 0 amide bonds. The lowest BCUT2D eigenvalue weighted by atomic mass is 10.0. The van der Waals surface area contributed by atoms with Crippen molar-refractivity contribution in [1.29, 1.82) is 0 Å². The average molecular weight is 362 g/mol. The molecule has 0 aliphatic rings. The Morgan fingerprint density at radius 3 is 2.62 bits per heavy atom. The number of furan rings is 1. The van der Waals surface area contributed by atoms with Crippen LogP contribution in [0.15, 0.2) is 45.5 Å². The summed E-state index contributed by atoms with van der Waals surface area (Å²) in [5.41, 5.74) is -0.163. The molecule has 1 atom stereocenters. The van der Waals surface area contributed by atoms with Gasteiger partial charge in [-0.15, -0.1) is 0 Å². The normalized spacial score (nSPS) is 13.4. The molecule has 0 aliphatic carbocycles. The van der Waals surface area contributed by atoms with Crippen molar-refractivity contribution in [2.24, 2.45) is 0 Å². The van der Waals surface area contributed by atoms with Gasteiger partial charge in [0.2, 0.25) is 0 Å². The van der Waals surface area contributed by atoms with Crippen LogP contribution in [0.5, 0.6) is 0 Å². The van der Waals surface area contributed by atoms with Gasteiger partial charge in [0.05, 0.1) is 17.9 Å². The molecule has 114 valence electrons. The fraction of sp³-hybridized carbons (Fsp3) is 0.333. The lowest BCUT2D eigenvalue weighted by Gasteiger charge is -2.19. The maximum absolute atomic E-state index is 13.0. The second-order valence-electron chi connectivity index (χ2n) is 4.64. The Balaban J connectivity index is 2.41. The summed E-state index contributed by atoms with van der Waals surface area (Å²) in [6.45, 7) is 2.68. The largest absolute Gasteiger partial charge is 0.467 e. The van der Waals surface area contributed by atoms with Gasteiger partial charge in [-0.2, -0.15) is 13.2 Å². The highest BCUT2D eigenvalue weighted by Gasteiger charge is 2.34. The van der Waals surface area contributed by atoms with Crippen molar-refractivity contribution < 1.29 is 17.6 Å². The van der Waals surface area contributed by atoms with E-state index in [0.29, 0.717) is 17.9 Å². The average Bonchev–Trinajstić information content (AvgIpc) is 2.93. The molecule has 0 fully saturated rings. The summed E-state index contributed by atoms with van der Waals surface area (Å²) < 4.78 is 44.4. The molecule has 0 aliphatic heterocycles. The quantitative estimate of drug-likeness (QED) is 0.796. The number of hydrogen-bond acceptors (Lipinski definition) is 2. The van der Waals surface area contributed by atoms with Crippen LogP contribution in [0, 0.1) is 0 Å². The number of alkyl halides is 3. The van der Waals surface area contributed by atoms with E-state index in [0.717, 1.165) is 12.5 Å². The number of rotatable bonds is 5. The van der Waals surface area contributed by atoms with Crippen molar-refractivity contribution in [2.75, 3.05) is 6.54 Å². The van der Waals surface area contributed by atoms with Crippen LogP contribution in [-0.2, 0) is 6.18 Å². The van der Waals surface area contributed by atoms with E-state index in [1.807, 2.05) is 6.92 Å². The molecule has 1 aromatic heterocycles. The molecule has 2 aromatic rings. The second-order valence-corrected chi connectivity index (χ2v) is 5.49. The highest BCUT2D eigenvalue weighted by Crippen LogP contribution is 2.37. The predicted molar refractivity (Wildman–Crippen MR) is 78.0 cm³/mol. The Morgan fingerprint density at radius 1 is 1.29 bits per heavy atom. The van der Waals surface area contributed by atoms with E-state index in [-0.39, 0.29) is 4.47 Å². The first-order chi connectivity index (χ1) is 9.93. The Kier molecular flexibility index (Phi) is 5.11. The van der Waals surface area contributed by atoms with Crippen molar-refractivity contribution in [3.8, 4) is 0 Å². The fourth-order valence-electron chi connectivity index (χ4n) is 2.07. The monoisotopic (exact) mass is 361 g/mol. The van der Waals surface area contributed by atoms with Crippen LogP contribution in [0.4, 0.5) is 13.2 Å². The van der Waals surface area contributed by atoms with Crippen molar-refractivity contribution in [1.82, 2.24) is 5.32 Å². The van der Waals surface area contributed by atoms with Gasteiger partial charge in [-0.3, -0.25) is 0 Å². The molecule has 6 heteroatoms. The molecular formula is C15H15BrF3NO. The minimum atomic E-state index is -4.40. The lowest BCUT2D eigenvalue weighted by Crippen LogP contribution is -2.23. The smallest absolute Gasteiger partial charge is 0.417 e. The van der Waals surface area contributed by atoms with Gasteiger partial charge in [0.1, 0.15) is 5.76 Å². The minimum absolute atomic E-state index is 0.0347. The molecule has 0 saturated carbocycles. The van der Waals surface area contributed by atoms with Crippen molar-refractivity contribution >= 4 is 15.9 Å². The molecule has 2 rings (SSSR count). The molecule has 1 N–H and O–H groups in total. The van der Waals surface area contributed by atoms with Gasteiger partial charge in [-0.05, 0) is 42.8 Å². The number of nitrogens with one attached hydrogen (secondary N) is 1. The maximum atomic E-state index is 13.0. The molecule has 1 aromatic carbocycles. The third kappa shape index (κ3) is 3.89. The van der Waals surface area contributed by atoms with Crippen molar-refractivity contribution in [3.63, 3.8) is 0 Å². The van der Waals surface area contributed by atoms with Crippen molar-refractivity contribution in [2.45, 2.75) is 25.6 Å². The first kappa shape index (κ1) is 16.1. The van der Waals surface area contributed by atoms with Gasteiger partial charge in [-0.25, -0.2) is 0 Å². The van der Waals surface area contributed by atoms with E-state index in [4.69, 9.17) is 4.42 Å². The summed E-state index contributed by atoms with van der Waals surface area (Å²) in [6, 6.07) is 7.31. The molecular weight excluding hydrogens is 347 g/mol. The van der Waals surface area contributed by atoms with Gasteiger partial charge in [0, 0.05) is 4.47 Å². The van der Waals surface area contributed by atoms with Crippen LogP contribution in [0.25, 0.3) is 0 Å². The van der Waals surface area contributed by atoms with Gasteiger partial charge >= 0.3 is 6.18 Å². The van der Waals surface area contributed by atoms with E-state index >= 15 is 0 Å². The topological polar surface area (TPSA) is 25.2 Å². The number of halogens is 4. The van der Waals surface area contributed by atoms with Gasteiger partial charge in [0.25, 0.3) is 0 Å². The third-order valence-corrected chi connectivity index (χ3v) is 3.75. The molecule has 21 heavy (non-hydrogen) atoms. The second kappa shape index (κ2) is 6.66. The fourth-order valence-corrected chi connectivity index (χ4v) is 2.54. The third-order valence-electron chi connectivity index (χ3n) is 3.06. The van der Waals surface area contributed by atoms with E-state index in [2.05, 4.69) is 21.2 Å². The number of benzene rings is 1. The predicted octanol–water partition coefficient (Wildman–Crippen LogP) is 5.15. The van der Waals surface area contributed by atoms with Gasteiger partial charge < -0.3 is 9.73 Å². The van der Waals surface area contributed by atoms with Gasteiger partial charge in [-0.1, -0.05) is 28.9 Å². The highest BCUT2D eigenvalue weighted by molar-refractivity contribution is 9.10. The van der Waals surface area contributed by atoms with Gasteiger partial charge in [0.15, 0.2) is 0 Å². The molecule has 1 heterocycles. The minimum Gasteiger partial charge on any atom is -0.467 e. The SMILES string of the molecule is CCCNC(c1ccc(Br)c(C(F)(F)F)c1)c1ccco1. The molecule has 0 saturated heterocycles. The molecule has 0 spiro atoms. The van der Waals surface area contributed by atoms with E-state index in [9.17, 15) is 13.2 Å². The highest BCUT2D eigenvalue weighted by atomic mass is 79.9. The summed E-state index contributed by atoms with van der Waals surface area (Å²) in [5, 5.41) is 3.21. The number of hydrogen-bond donors (Lipinski definition) is 1. The summed E-state index contributed by atoms with van der Waals surface area (Å²) in [6.07, 6.45) is -2.01.